The highest BCUT2D eigenvalue weighted by Crippen LogP contribution is 2.37. The van der Waals surface area contributed by atoms with Crippen molar-refractivity contribution in [2.24, 2.45) is 0 Å². The van der Waals surface area contributed by atoms with Gasteiger partial charge in [0.25, 0.3) is 0 Å². The SMILES string of the molecule is Oc1cc(-c2cccc(Cl)c2)c(O)n1CN1CCN(c2ccc(Cl)cc2)CC1. The summed E-state index contributed by atoms with van der Waals surface area (Å²) in [5.41, 5.74) is 2.49. The standard InChI is InChI=1S/C21H21Cl2N3O2/c22-16-4-6-18(7-5-16)25-10-8-24(9-11-25)14-26-20(27)13-19(21(26)28)15-2-1-3-17(23)12-15/h1-7,12-13,27-28H,8-11,14H2. The van der Waals surface area contributed by atoms with Crippen LogP contribution in [-0.2, 0) is 6.67 Å². The van der Waals surface area contributed by atoms with Crippen molar-refractivity contribution in [2.75, 3.05) is 31.1 Å². The lowest BCUT2D eigenvalue weighted by molar-refractivity contribution is 0.187. The Balaban J connectivity index is 1.45. The highest BCUT2D eigenvalue weighted by atomic mass is 35.5. The molecule has 2 aromatic carbocycles. The van der Waals surface area contributed by atoms with E-state index in [1.54, 1.807) is 18.2 Å². The van der Waals surface area contributed by atoms with Gasteiger partial charge in [-0.1, -0.05) is 35.3 Å². The molecule has 0 amide bonds. The van der Waals surface area contributed by atoms with Gasteiger partial charge < -0.3 is 15.1 Å². The van der Waals surface area contributed by atoms with Crippen LogP contribution in [0.2, 0.25) is 10.0 Å². The second kappa shape index (κ2) is 7.95. The molecule has 2 heterocycles. The maximum atomic E-state index is 10.7. The van der Waals surface area contributed by atoms with Gasteiger partial charge in [-0.2, -0.15) is 0 Å². The van der Waals surface area contributed by atoms with Gasteiger partial charge >= 0.3 is 0 Å². The molecule has 1 aromatic heterocycles. The van der Waals surface area contributed by atoms with Crippen molar-refractivity contribution in [1.82, 2.24) is 9.47 Å². The predicted molar refractivity (Wildman–Crippen MR) is 113 cm³/mol. The van der Waals surface area contributed by atoms with Crippen LogP contribution in [0.4, 0.5) is 5.69 Å². The highest BCUT2D eigenvalue weighted by molar-refractivity contribution is 6.31. The summed E-state index contributed by atoms with van der Waals surface area (Å²) >= 11 is 12.0. The van der Waals surface area contributed by atoms with Crippen molar-refractivity contribution in [1.29, 1.82) is 0 Å². The monoisotopic (exact) mass is 417 g/mol. The topological polar surface area (TPSA) is 51.9 Å². The molecule has 0 aliphatic carbocycles. The van der Waals surface area contributed by atoms with E-state index in [2.05, 4.69) is 9.80 Å². The van der Waals surface area contributed by atoms with Crippen LogP contribution in [0.5, 0.6) is 11.8 Å². The molecule has 0 unspecified atom stereocenters. The Labute approximate surface area is 173 Å². The molecule has 146 valence electrons. The van der Waals surface area contributed by atoms with Crippen molar-refractivity contribution >= 4 is 28.9 Å². The van der Waals surface area contributed by atoms with E-state index in [0.29, 0.717) is 17.3 Å². The number of rotatable bonds is 4. The summed E-state index contributed by atoms with van der Waals surface area (Å²) in [6, 6.07) is 16.7. The molecule has 28 heavy (non-hydrogen) atoms. The van der Waals surface area contributed by atoms with Gasteiger partial charge in [0, 0.05) is 53.5 Å². The Morgan fingerprint density at radius 2 is 1.54 bits per heavy atom. The quantitative estimate of drug-likeness (QED) is 0.648. The Morgan fingerprint density at radius 1 is 0.821 bits per heavy atom. The van der Waals surface area contributed by atoms with Gasteiger partial charge in [0.15, 0.2) is 5.88 Å². The molecule has 4 rings (SSSR count). The van der Waals surface area contributed by atoms with Crippen molar-refractivity contribution < 1.29 is 10.2 Å². The molecule has 1 aliphatic rings. The summed E-state index contributed by atoms with van der Waals surface area (Å²) in [6.45, 7) is 3.81. The molecule has 3 aromatic rings. The van der Waals surface area contributed by atoms with Gasteiger partial charge in [-0.25, -0.2) is 0 Å². The van der Waals surface area contributed by atoms with Crippen LogP contribution in [0.1, 0.15) is 0 Å². The van der Waals surface area contributed by atoms with E-state index >= 15 is 0 Å². The zero-order chi connectivity index (χ0) is 19.7. The smallest absolute Gasteiger partial charge is 0.203 e. The summed E-state index contributed by atoms with van der Waals surface area (Å²) in [7, 11) is 0. The van der Waals surface area contributed by atoms with Gasteiger partial charge in [-0.3, -0.25) is 9.47 Å². The first-order valence-corrected chi connectivity index (χ1v) is 9.87. The third kappa shape index (κ3) is 3.92. The van der Waals surface area contributed by atoms with E-state index in [4.69, 9.17) is 23.2 Å². The molecule has 1 saturated heterocycles. The lowest BCUT2D eigenvalue weighted by Gasteiger charge is -2.36. The molecule has 0 spiro atoms. The van der Waals surface area contributed by atoms with Crippen LogP contribution in [0, 0.1) is 0 Å². The highest BCUT2D eigenvalue weighted by Gasteiger charge is 2.21. The molecule has 1 aliphatic heterocycles. The van der Waals surface area contributed by atoms with Crippen LogP contribution < -0.4 is 4.90 Å². The Morgan fingerprint density at radius 3 is 2.21 bits per heavy atom. The van der Waals surface area contributed by atoms with E-state index < -0.39 is 0 Å². The third-order valence-corrected chi connectivity index (χ3v) is 5.57. The number of benzene rings is 2. The molecule has 2 N–H and O–H groups in total. The van der Waals surface area contributed by atoms with Crippen molar-refractivity contribution in [3.8, 4) is 22.9 Å². The van der Waals surface area contributed by atoms with Crippen LogP contribution in [0.15, 0.2) is 54.6 Å². The average molecular weight is 418 g/mol. The fraction of sp³-hybridized carbons (Fsp3) is 0.238. The second-order valence-corrected chi connectivity index (χ2v) is 7.77. The van der Waals surface area contributed by atoms with Crippen LogP contribution in [-0.4, -0.2) is 45.9 Å². The van der Waals surface area contributed by atoms with Crippen molar-refractivity contribution in [2.45, 2.75) is 6.67 Å². The molecule has 1 fully saturated rings. The molecule has 7 heteroatoms. The number of hydrogen-bond donors (Lipinski definition) is 2. The summed E-state index contributed by atoms with van der Waals surface area (Å²) in [4.78, 5) is 4.51. The number of hydrogen-bond acceptors (Lipinski definition) is 4. The van der Waals surface area contributed by atoms with E-state index in [9.17, 15) is 10.2 Å². The number of anilines is 1. The molecular weight excluding hydrogens is 397 g/mol. The minimum absolute atomic E-state index is 0.0348. The average Bonchev–Trinajstić information content (AvgIpc) is 2.97. The summed E-state index contributed by atoms with van der Waals surface area (Å²) < 4.78 is 1.52. The normalized spacial score (nSPS) is 15.1. The maximum Gasteiger partial charge on any atom is 0.203 e. The number of aromatic nitrogens is 1. The number of halogens is 2. The summed E-state index contributed by atoms with van der Waals surface area (Å²) in [6.07, 6.45) is 0. The molecule has 0 saturated carbocycles. The predicted octanol–water partition coefficient (Wildman–Crippen LogP) is 4.65. The first-order valence-electron chi connectivity index (χ1n) is 9.11. The van der Waals surface area contributed by atoms with Gasteiger partial charge in [0.05, 0.1) is 6.67 Å². The van der Waals surface area contributed by atoms with E-state index in [-0.39, 0.29) is 11.8 Å². The minimum Gasteiger partial charge on any atom is -0.494 e. The Hall–Kier alpha value is -2.34. The number of aromatic hydroxyl groups is 2. The fourth-order valence-electron chi connectivity index (χ4n) is 3.53. The number of piperazine rings is 1. The largest absolute Gasteiger partial charge is 0.494 e. The molecule has 0 radical (unpaired) electrons. The lowest BCUT2D eigenvalue weighted by atomic mass is 10.1. The van der Waals surface area contributed by atoms with Gasteiger partial charge in [0.1, 0.15) is 0 Å². The maximum absolute atomic E-state index is 10.7. The van der Waals surface area contributed by atoms with Crippen molar-refractivity contribution in [3.05, 3.63) is 64.6 Å². The van der Waals surface area contributed by atoms with E-state index in [1.807, 2.05) is 36.4 Å². The summed E-state index contributed by atoms with van der Waals surface area (Å²) in [5.74, 6) is 0.0764. The van der Waals surface area contributed by atoms with Crippen LogP contribution in [0.25, 0.3) is 11.1 Å². The van der Waals surface area contributed by atoms with E-state index in [0.717, 1.165) is 42.5 Å². The van der Waals surface area contributed by atoms with Crippen LogP contribution in [0.3, 0.4) is 0 Å². The van der Waals surface area contributed by atoms with Gasteiger partial charge in [-0.15, -0.1) is 0 Å². The number of nitrogens with zero attached hydrogens (tertiary/aromatic N) is 3. The fourth-order valence-corrected chi connectivity index (χ4v) is 3.85. The zero-order valence-corrected chi connectivity index (χ0v) is 16.7. The Kier molecular flexibility index (Phi) is 5.40. The van der Waals surface area contributed by atoms with Gasteiger partial charge in [0.2, 0.25) is 5.88 Å². The van der Waals surface area contributed by atoms with Crippen LogP contribution >= 0.6 is 23.2 Å². The van der Waals surface area contributed by atoms with E-state index in [1.165, 1.54) is 4.57 Å². The third-order valence-electron chi connectivity index (χ3n) is 5.09. The van der Waals surface area contributed by atoms with Gasteiger partial charge in [-0.05, 0) is 42.0 Å². The van der Waals surface area contributed by atoms with Crippen molar-refractivity contribution in [3.63, 3.8) is 0 Å². The second-order valence-electron chi connectivity index (χ2n) is 6.90. The zero-order valence-electron chi connectivity index (χ0n) is 15.2. The minimum atomic E-state index is 0.0348. The first kappa shape index (κ1) is 19.0. The molecular formula is C21H21Cl2N3O2. The molecule has 0 bridgehead atoms. The summed E-state index contributed by atoms with van der Waals surface area (Å²) in [5, 5.41) is 22.3. The Bertz CT molecular complexity index is 964. The molecule has 0 atom stereocenters. The first-order chi connectivity index (χ1) is 13.5. The molecule has 5 nitrogen and oxygen atoms in total. The lowest BCUT2D eigenvalue weighted by Crippen LogP contribution is -2.46.